The van der Waals surface area contributed by atoms with Crippen molar-refractivity contribution >= 4 is 56.5 Å². The molecule has 1 aliphatic rings. The zero-order chi connectivity index (χ0) is 33.8. The summed E-state index contributed by atoms with van der Waals surface area (Å²) >= 11 is 2.67. The Bertz CT molecular complexity index is 1990. The molecule has 1 N–H and O–H groups in total. The maximum atomic E-state index is 13.8. The number of carbonyl (C=O) groups excluding carboxylic acids is 2. The maximum absolute atomic E-state index is 13.8. The van der Waals surface area contributed by atoms with Crippen molar-refractivity contribution < 1.29 is 28.6 Å². The van der Waals surface area contributed by atoms with Crippen LogP contribution in [0.2, 0.25) is 0 Å². The van der Waals surface area contributed by atoms with E-state index in [0.29, 0.717) is 46.3 Å². The van der Waals surface area contributed by atoms with E-state index in [1.165, 1.54) is 52.3 Å². The largest absolute Gasteiger partial charge is 0.507 e. The average Bonchev–Trinajstić information content (AvgIpc) is 3.65. The third kappa shape index (κ3) is 6.93. The molecule has 0 saturated carbocycles. The molecule has 0 spiro atoms. The summed E-state index contributed by atoms with van der Waals surface area (Å²) in [7, 11) is 0. The van der Waals surface area contributed by atoms with E-state index in [1.54, 1.807) is 18.2 Å². The van der Waals surface area contributed by atoms with Gasteiger partial charge in [0.2, 0.25) is 5.13 Å². The zero-order valence-electron chi connectivity index (χ0n) is 26.7. The molecule has 2 heterocycles. The van der Waals surface area contributed by atoms with Gasteiger partial charge in [-0.2, -0.15) is 0 Å². The highest BCUT2D eigenvalue weighted by molar-refractivity contribution is 8.00. The van der Waals surface area contributed by atoms with Gasteiger partial charge in [-0.3, -0.25) is 14.5 Å². The minimum absolute atomic E-state index is 0.150. The Kier molecular flexibility index (Phi) is 10.1. The van der Waals surface area contributed by atoms with Crippen LogP contribution in [0.15, 0.2) is 94.8 Å². The van der Waals surface area contributed by atoms with E-state index in [0.717, 1.165) is 22.8 Å². The predicted octanol–water partition coefficient (Wildman–Crippen LogP) is 8.57. The number of hydrogen-bond donors (Lipinski definition) is 1. The summed E-state index contributed by atoms with van der Waals surface area (Å²) in [4.78, 5) is 28.7. The van der Waals surface area contributed by atoms with Crippen molar-refractivity contribution in [2.24, 2.45) is 5.92 Å². The minimum Gasteiger partial charge on any atom is -0.507 e. The van der Waals surface area contributed by atoms with Gasteiger partial charge in [-0.1, -0.05) is 85.5 Å². The highest BCUT2D eigenvalue weighted by atomic mass is 32.2. The number of nitrogens with zero attached hydrogens (tertiary/aromatic N) is 3. The number of ether oxygens (including phenoxy) is 2. The highest BCUT2D eigenvalue weighted by Crippen LogP contribution is 2.46. The summed E-state index contributed by atoms with van der Waals surface area (Å²) in [5.74, 6) is -0.634. The van der Waals surface area contributed by atoms with Crippen LogP contribution < -0.4 is 14.4 Å². The zero-order valence-corrected chi connectivity index (χ0v) is 28.3. The van der Waals surface area contributed by atoms with E-state index >= 15 is 0 Å². The van der Waals surface area contributed by atoms with Crippen molar-refractivity contribution in [1.29, 1.82) is 0 Å². The second kappa shape index (κ2) is 14.6. The molecule has 1 unspecified atom stereocenters. The van der Waals surface area contributed by atoms with Crippen LogP contribution in [-0.4, -0.2) is 40.2 Å². The fraction of sp³-hybridized carbons (Fsp3) is 0.243. The first-order chi connectivity index (χ1) is 23.2. The lowest BCUT2D eigenvalue weighted by Crippen LogP contribution is -2.29. The molecule has 1 atom stereocenters. The van der Waals surface area contributed by atoms with Crippen molar-refractivity contribution in [3.63, 3.8) is 0 Å². The highest BCUT2D eigenvalue weighted by Gasteiger charge is 2.48. The molecule has 0 radical (unpaired) electrons. The van der Waals surface area contributed by atoms with Crippen LogP contribution in [0.5, 0.6) is 11.5 Å². The van der Waals surface area contributed by atoms with Crippen LogP contribution in [0.4, 0.5) is 9.52 Å². The van der Waals surface area contributed by atoms with Crippen molar-refractivity contribution in [3.8, 4) is 11.5 Å². The van der Waals surface area contributed by atoms with Gasteiger partial charge < -0.3 is 14.6 Å². The first kappa shape index (κ1) is 33.2. The standard InChI is InChI=1S/C37H34FN3O5S2/c1-4-45-30-20-25(14-17-29(30)46-19-18-22(2)3)32-31(33(42)24-12-15-27(38)16-13-24)34(43)35(44)41(32)36-39-40-37(48-36)47-21-26-10-7-9-23-8-5-6-11-28(23)26/h5-17,20,22,32,42H,4,18-19,21H2,1-3H3. The lowest BCUT2D eigenvalue weighted by molar-refractivity contribution is -0.132. The number of Topliss-reactive ketones (excluding diaryl/α,β-unsaturated/α-hetero) is 1. The fourth-order valence-electron chi connectivity index (χ4n) is 5.51. The number of aromatic nitrogens is 2. The summed E-state index contributed by atoms with van der Waals surface area (Å²) < 4.78 is 26.3. The van der Waals surface area contributed by atoms with Gasteiger partial charge in [-0.05, 0) is 77.6 Å². The molecule has 11 heteroatoms. The quantitative estimate of drug-likeness (QED) is 0.0459. The van der Waals surface area contributed by atoms with Gasteiger partial charge in [0, 0.05) is 11.3 Å². The summed E-state index contributed by atoms with van der Waals surface area (Å²) in [6, 6.07) is 23.5. The molecule has 0 bridgehead atoms. The molecule has 1 saturated heterocycles. The van der Waals surface area contributed by atoms with E-state index < -0.39 is 29.3 Å². The molecule has 0 aliphatic carbocycles. The lowest BCUT2D eigenvalue weighted by Gasteiger charge is -2.23. The third-order valence-electron chi connectivity index (χ3n) is 7.93. The van der Waals surface area contributed by atoms with Crippen LogP contribution in [-0.2, 0) is 15.3 Å². The van der Waals surface area contributed by atoms with Crippen molar-refractivity contribution in [2.75, 3.05) is 18.1 Å². The summed E-state index contributed by atoms with van der Waals surface area (Å²) in [6.07, 6.45) is 0.850. The van der Waals surface area contributed by atoms with E-state index in [-0.39, 0.29) is 16.3 Å². The van der Waals surface area contributed by atoms with Gasteiger partial charge in [0.1, 0.15) is 11.6 Å². The Morgan fingerprint density at radius 2 is 1.75 bits per heavy atom. The molecule has 48 heavy (non-hydrogen) atoms. The van der Waals surface area contributed by atoms with E-state index in [9.17, 15) is 19.1 Å². The van der Waals surface area contributed by atoms with Crippen LogP contribution >= 0.6 is 23.1 Å². The minimum atomic E-state index is -1.07. The van der Waals surface area contributed by atoms with Crippen LogP contribution in [0.25, 0.3) is 16.5 Å². The summed E-state index contributed by atoms with van der Waals surface area (Å²) in [5.41, 5.74) is 1.68. The second-order valence-corrected chi connectivity index (χ2v) is 13.8. The maximum Gasteiger partial charge on any atom is 0.301 e. The topological polar surface area (TPSA) is 102 Å². The van der Waals surface area contributed by atoms with Gasteiger partial charge in [-0.15, -0.1) is 10.2 Å². The Balaban J connectivity index is 1.38. The van der Waals surface area contributed by atoms with Gasteiger partial charge in [0.15, 0.2) is 15.8 Å². The van der Waals surface area contributed by atoms with Crippen LogP contribution in [0.1, 0.15) is 49.9 Å². The summed E-state index contributed by atoms with van der Waals surface area (Å²) in [6.45, 7) is 6.92. The second-order valence-electron chi connectivity index (χ2n) is 11.6. The fourth-order valence-corrected chi connectivity index (χ4v) is 7.38. The summed E-state index contributed by atoms with van der Waals surface area (Å²) in [5, 5.41) is 22.6. The number of aliphatic hydroxyl groups excluding tert-OH is 1. The molecule has 6 rings (SSSR count). The molecular weight excluding hydrogens is 650 g/mol. The van der Waals surface area contributed by atoms with E-state index in [2.05, 4.69) is 48.3 Å². The molecule has 1 aliphatic heterocycles. The van der Waals surface area contributed by atoms with Gasteiger partial charge in [-0.25, -0.2) is 4.39 Å². The van der Waals surface area contributed by atoms with Gasteiger partial charge in [0.05, 0.1) is 24.8 Å². The first-order valence-corrected chi connectivity index (χ1v) is 17.4. The molecule has 4 aromatic carbocycles. The number of anilines is 1. The average molecular weight is 684 g/mol. The molecular formula is C37H34FN3O5S2. The van der Waals surface area contributed by atoms with Crippen molar-refractivity contribution in [1.82, 2.24) is 10.2 Å². The van der Waals surface area contributed by atoms with Crippen molar-refractivity contribution in [3.05, 3.63) is 113 Å². The molecule has 8 nitrogen and oxygen atoms in total. The molecule has 5 aromatic rings. The number of ketones is 1. The van der Waals surface area contributed by atoms with E-state index in [4.69, 9.17) is 9.47 Å². The molecule has 1 fully saturated rings. The molecule has 246 valence electrons. The van der Waals surface area contributed by atoms with E-state index in [1.807, 2.05) is 25.1 Å². The monoisotopic (exact) mass is 683 g/mol. The normalized spacial score (nSPS) is 15.9. The first-order valence-electron chi connectivity index (χ1n) is 15.6. The smallest absolute Gasteiger partial charge is 0.301 e. The Morgan fingerprint density at radius 3 is 2.52 bits per heavy atom. The van der Waals surface area contributed by atoms with Crippen LogP contribution in [0, 0.1) is 11.7 Å². The van der Waals surface area contributed by atoms with Crippen LogP contribution in [0.3, 0.4) is 0 Å². The van der Waals surface area contributed by atoms with Crippen molar-refractivity contribution in [2.45, 2.75) is 43.3 Å². The number of hydrogen-bond acceptors (Lipinski definition) is 9. The molecule has 1 amide bonds. The number of halogens is 1. The Hall–Kier alpha value is -4.74. The molecule has 1 aromatic heterocycles. The number of thioether (sulfide) groups is 1. The van der Waals surface area contributed by atoms with Gasteiger partial charge >= 0.3 is 5.91 Å². The third-order valence-corrected chi connectivity index (χ3v) is 10.0. The van der Waals surface area contributed by atoms with Gasteiger partial charge in [0.25, 0.3) is 5.78 Å². The number of benzene rings is 4. The Labute approximate surface area is 286 Å². The number of carbonyl (C=O) groups is 2. The number of aliphatic hydroxyl groups is 1. The number of amides is 1. The number of rotatable bonds is 12. The lowest BCUT2D eigenvalue weighted by atomic mass is 9.95. The SMILES string of the molecule is CCOc1cc(C2C(=C(O)c3ccc(F)cc3)C(=O)C(=O)N2c2nnc(SCc3cccc4ccccc34)s2)ccc1OCCC(C)C. The Morgan fingerprint density at radius 1 is 0.979 bits per heavy atom. The predicted molar refractivity (Wildman–Crippen MR) is 187 cm³/mol. The number of fused-ring (bicyclic) bond motifs is 1.